The normalized spacial score (nSPS) is 11.3. The number of hydrogen-bond acceptors (Lipinski definition) is 3. The molecule has 0 aliphatic carbocycles. The number of carbonyl (C=O) groups is 1. The van der Waals surface area contributed by atoms with Gasteiger partial charge in [-0.2, -0.15) is 0 Å². The molecule has 1 aliphatic heterocycles. The Labute approximate surface area is 83.3 Å². The molecule has 0 amide bonds. The van der Waals surface area contributed by atoms with E-state index in [1.54, 1.807) is 6.20 Å². The molecular formula is C11H13NO2. The Morgan fingerprint density at radius 3 is 2.57 bits per heavy atom. The number of carbonyl (C=O) groups excluding carboxylic acids is 1. The number of para-hydroxylation sites is 1. The third-order valence-corrected chi connectivity index (χ3v) is 1.42. The van der Waals surface area contributed by atoms with Crippen molar-refractivity contribution in [3.05, 3.63) is 36.0 Å². The highest BCUT2D eigenvalue weighted by atomic mass is 16.6. The molecule has 1 aromatic rings. The summed E-state index contributed by atoms with van der Waals surface area (Å²) in [5.41, 5.74) is 3.77. The highest BCUT2D eigenvalue weighted by molar-refractivity contribution is 5.72. The van der Waals surface area contributed by atoms with Gasteiger partial charge in [0.05, 0.1) is 0 Å². The van der Waals surface area contributed by atoms with Gasteiger partial charge in [0.25, 0.3) is 0 Å². The molecular weight excluding hydrogens is 178 g/mol. The van der Waals surface area contributed by atoms with Gasteiger partial charge in [-0.25, -0.2) is 5.48 Å². The summed E-state index contributed by atoms with van der Waals surface area (Å²) in [6, 6.07) is 7.86. The third kappa shape index (κ3) is 3.31. The average molecular weight is 191 g/mol. The van der Waals surface area contributed by atoms with Crippen molar-refractivity contribution in [3.8, 4) is 5.75 Å². The Morgan fingerprint density at radius 2 is 1.93 bits per heavy atom. The molecule has 0 saturated heterocycles. The SMILES string of the molecule is C1=Cc2ccccc2ON1.CC(C)=O. The summed E-state index contributed by atoms with van der Waals surface area (Å²) in [5.74, 6) is 1.05. The number of ketones is 1. The van der Waals surface area contributed by atoms with Crippen LogP contribution in [0.15, 0.2) is 30.5 Å². The molecule has 1 N–H and O–H groups in total. The minimum absolute atomic E-state index is 0.167. The van der Waals surface area contributed by atoms with Crippen LogP contribution in [0.4, 0.5) is 0 Å². The van der Waals surface area contributed by atoms with E-state index in [2.05, 4.69) is 5.48 Å². The fourth-order valence-electron chi connectivity index (χ4n) is 0.932. The largest absolute Gasteiger partial charge is 0.382 e. The highest BCUT2D eigenvalue weighted by Gasteiger charge is 2.01. The van der Waals surface area contributed by atoms with E-state index in [9.17, 15) is 4.79 Å². The summed E-state index contributed by atoms with van der Waals surface area (Å²) in [7, 11) is 0. The number of nitrogens with one attached hydrogen (secondary N) is 1. The third-order valence-electron chi connectivity index (χ3n) is 1.42. The molecule has 0 spiro atoms. The maximum Gasteiger partial charge on any atom is 0.162 e. The van der Waals surface area contributed by atoms with Crippen LogP contribution < -0.4 is 10.3 Å². The predicted molar refractivity (Wildman–Crippen MR) is 55.6 cm³/mol. The Balaban J connectivity index is 0.000000213. The molecule has 1 heterocycles. The monoisotopic (exact) mass is 191 g/mol. The lowest BCUT2D eigenvalue weighted by molar-refractivity contribution is -0.114. The van der Waals surface area contributed by atoms with Crippen LogP contribution in [0.2, 0.25) is 0 Å². The topological polar surface area (TPSA) is 38.3 Å². The second-order valence-corrected chi connectivity index (χ2v) is 3.00. The van der Waals surface area contributed by atoms with Crippen LogP contribution in [-0.4, -0.2) is 5.78 Å². The van der Waals surface area contributed by atoms with E-state index in [0.717, 1.165) is 11.3 Å². The number of fused-ring (bicyclic) bond motifs is 1. The summed E-state index contributed by atoms with van der Waals surface area (Å²) >= 11 is 0. The van der Waals surface area contributed by atoms with Gasteiger partial charge in [-0.15, -0.1) is 0 Å². The lowest BCUT2D eigenvalue weighted by atomic mass is 10.2. The van der Waals surface area contributed by atoms with Crippen LogP contribution in [0.5, 0.6) is 5.75 Å². The van der Waals surface area contributed by atoms with E-state index >= 15 is 0 Å². The molecule has 0 atom stereocenters. The molecule has 0 aromatic heterocycles. The smallest absolute Gasteiger partial charge is 0.162 e. The molecule has 0 bridgehead atoms. The minimum Gasteiger partial charge on any atom is -0.382 e. The van der Waals surface area contributed by atoms with Crippen molar-refractivity contribution in [2.45, 2.75) is 13.8 Å². The molecule has 0 saturated carbocycles. The number of Topliss-reactive ketones (excluding diaryl/α,β-unsaturated/α-hetero) is 1. The fraction of sp³-hybridized carbons (Fsp3) is 0.182. The van der Waals surface area contributed by atoms with Crippen LogP contribution in [0.25, 0.3) is 6.08 Å². The summed E-state index contributed by atoms with van der Waals surface area (Å²) in [4.78, 5) is 14.5. The second kappa shape index (κ2) is 5.07. The van der Waals surface area contributed by atoms with E-state index in [4.69, 9.17) is 4.84 Å². The van der Waals surface area contributed by atoms with E-state index < -0.39 is 0 Å². The van der Waals surface area contributed by atoms with Gasteiger partial charge in [0.1, 0.15) is 5.78 Å². The molecule has 3 heteroatoms. The van der Waals surface area contributed by atoms with Gasteiger partial charge in [-0.1, -0.05) is 18.2 Å². The summed E-state index contributed by atoms with van der Waals surface area (Å²) in [6.45, 7) is 3.06. The van der Waals surface area contributed by atoms with E-state index in [0.29, 0.717) is 0 Å². The fourth-order valence-corrected chi connectivity index (χ4v) is 0.932. The zero-order valence-corrected chi connectivity index (χ0v) is 8.28. The Hall–Kier alpha value is -1.77. The number of benzene rings is 1. The quantitative estimate of drug-likeness (QED) is 0.682. The molecule has 74 valence electrons. The van der Waals surface area contributed by atoms with Crippen molar-refractivity contribution in [2.24, 2.45) is 0 Å². The molecule has 0 radical (unpaired) electrons. The van der Waals surface area contributed by atoms with Crippen LogP contribution >= 0.6 is 0 Å². The van der Waals surface area contributed by atoms with Crippen LogP contribution in [0.1, 0.15) is 19.4 Å². The molecule has 3 nitrogen and oxygen atoms in total. The van der Waals surface area contributed by atoms with Crippen molar-refractivity contribution in [1.82, 2.24) is 5.48 Å². The predicted octanol–water partition coefficient (Wildman–Crippen LogP) is 2.15. The molecule has 14 heavy (non-hydrogen) atoms. The van der Waals surface area contributed by atoms with Crippen LogP contribution in [0, 0.1) is 0 Å². The Kier molecular flexibility index (Phi) is 3.73. The number of hydrogen-bond donors (Lipinski definition) is 1. The maximum absolute atomic E-state index is 9.44. The number of hydroxylamine groups is 1. The highest BCUT2D eigenvalue weighted by Crippen LogP contribution is 2.20. The first-order valence-corrected chi connectivity index (χ1v) is 4.35. The van der Waals surface area contributed by atoms with E-state index in [1.807, 2.05) is 30.3 Å². The standard InChI is InChI=1S/C8H7NO.C3H6O/c1-2-4-8-7(3-1)5-6-9-10-8;1-3(2)4/h1-6,9H;1-2H3. The van der Waals surface area contributed by atoms with E-state index in [-0.39, 0.29) is 5.78 Å². The van der Waals surface area contributed by atoms with Gasteiger partial charge < -0.3 is 9.63 Å². The lowest BCUT2D eigenvalue weighted by Crippen LogP contribution is -2.13. The van der Waals surface area contributed by atoms with Crippen LogP contribution in [-0.2, 0) is 4.79 Å². The first-order valence-electron chi connectivity index (χ1n) is 4.35. The summed E-state index contributed by atoms with van der Waals surface area (Å²) < 4.78 is 0. The van der Waals surface area contributed by atoms with Gasteiger partial charge in [0.15, 0.2) is 5.75 Å². The van der Waals surface area contributed by atoms with Gasteiger partial charge >= 0.3 is 0 Å². The summed E-state index contributed by atoms with van der Waals surface area (Å²) in [5, 5.41) is 0. The zero-order chi connectivity index (χ0) is 10.4. The Bertz CT molecular complexity index is 341. The van der Waals surface area contributed by atoms with E-state index in [1.165, 1.54) is 13.8 Å². The van der Waals surface area contributed by atoms with Crippen molar-refractivity contribution >= 4 is 11.9 Å². The maximum atomic E-state index is 9.44. The first kappa shape index (κ1) is 10.3. The lowest BCUT2D eigenvalue weighted by Gasteiger charge is -2.11. The van der Waals surface area contributed by atoms with Crippen molar-refractivity contribution in [2.75, 3.05) is 0 Å². The van der Waals surface area contributed by atoms with Gasteiger partial charge in [-0.3, -0.25) is 0 Å². The second-order valence-electron chi connectivity index (χ2n) is 3.00. The minimum atomic E-state index is 0.167. The molecule has 0 unspecified atom stereocenters. The zero-order valence-electron chi connectivity index (χ0n) is 8.28. The van der Waals surface area contributed by atoms with Crippen molar-refractivity contribution < 1.29 is 9.63 Å². The average Bonchev–Trinajstić information content (AvgIpc) is 2.17. The van der Waals surface area contributed by atoms with Crippen LogP contribution in [0.3, 0.4) is 0 Å². The molecule has 1 aromatic carbocycles. The molecule has 2 rings (SSSR count). The summed E-state index contributed by atoms with van der Waals surface area (Å²) in [6.07, 6.45) is 3.74. The van der Waals surface area contributed by atoms with Crippen molar-refractivity contribution in [3.63, 3.8) is 0 Å². The Morgan fingerprint density at radius 1 is 1.29 bits per heavy atom. The van der Waals surface area contributed by atoms with Gasteiger partial charge in [-0.05, 0) is 26.0 Å². The first-order chi connectivity index (χ1) is 6.70. The molecule has 1 aliphatic rings. The van der Waals surface area contributed by atoms with Crippen molar-refractivity contribution in [1.29, 1.82) is 0 Å². The van der Waals surface area contributed by atoms with Gasteiger partial charge in [0, 0.05) is 11.8 Å². The molecule has 0 fully saturated rings. The number of rotatable bonds is 0. The van der Waals surface area contributed by atoms with Gasteiger partial charge in [0.2, 0.25) is 0 Å².